The number of piperidine rings is 1. The zero-order valence-electron chi connectivity index (χ0n) is 14.2. The van der Waals surface area contributed by atoms with Gasteiger partial charge in [0.2, 0.25) is 0 Å². The van der Waals surface area contributed by atoms with Crippen LogP contribution in [0.25, 0.3) is 0 Å². The Morgan fingerprint density at radius 2 is 1.38 bits per heavy atom. The van der Waals surface area contributed by atoms with Crippen LogP contribution in [0.3, 0.4) is 0 Å². The van der Waals surface area contributed by atoms with Crippen LogP contribution in [0.15, 0.2) is 60.7 Å². The van der Waals surface area contributed by atoms with Gasteiger partial charge in [0.15, 0.2) is 0 Å². The Bertz CT molecular complexity index is 542. The first-order valence-corrected chi connectivity index (χ1v) is 8.95. The molecule has 0 bridgehead atoms. The van der Waals surface area contributed by atoms with Gasteiger partial charge in [-0.1, -0.05) is 67.1 Å². The minimum absolute atomic E-state index is 0.136. The Balaban J connectivity index is 1.62. The molecule has 3 nitrogen and oxygen atoms in total. The number of rotatable bonds is 7. The van der Waals surface area contributed by atoms with Gasteiger partial charge in [-0.05, 0) is 37.1 Å². The number of nitrogens with zero attached hydrogens (tertiary/aromatic N) is 1. The molecule has 1 heterocycles. The molecule has 0 saturated carbocycles. The van der Waals surface area contributed by atoms with Crippen molar-refractivity contribution in [3.63, 3.8) is 0 Å². The van der Waals surface area contributed by atoms with Crippen LogP contribution in [0.1, 0.15) is 36.5 Å². The van der Waals surface area contributed by atoms with Gasteiger partial charge in [0.05, 0.1) is 12.7 Å². The largest absolute Gasteiger partial charge is 0.389 e. The Labute approximate surface area is 144 Å². The predicted molar refractivity (Wildman–Crippen MR) is 97.0 cm³/mol. The van der Waals surface area contributed by atoms with E-state index >= 15 is 0 Å². The molecule has 2 aromatic rings. The zero-order valence-corrected chi connectivity index (χ0v) is 14.2. The Morgan fingerprint density at radius 1 is 0.833 bits per heavy atom. The van der Waals surface area contributed by atoms with Crippen molar-refractivity contribution in [2.75, 3.05) is 26.2 Å². The van der Waals surface area contributed by atoms with E-state index in [-0.39, 0.29) is 6.10 Å². The number of β-amino-alcohol motifs (C(OH)–C–C–N with tert-alkyl or cyclic N) is 1. The van der Waals surface area contributed by atoms with E-state index in [2.05, 4.69) is 29.2 Å². The quantitative estimate of drug-likeness (QED) is 0.843. The third-order valence-corrected chi connectivity index (χ3v) is 4.58. The lowest BCUT2D eigenvalue weighted by atomic mass is 10.0. The van der Waals surface area contributed by atoms with Gasteiger partial charge in [0.1, 0.15) is 6.10 Å². The molecule has 0 unspecified atom stereocenters. The fraction of sp³-hybridized carbons (Fsp3) is 0.429. The van der Waals surface area contributed by atoms with E-state index in [1.807, 2.05) is 36.4 Å². The second kappa shape index (κ2) is 8.97. The fourth-order valence-corrected chi connectivity index (χ4v) is 3.34. The van der Waals surface area contributed by atoms with Gasteiger partial charge in [-0.2, -0.15) is 0 Å². The number of hydrogen-bond acceptors (Lipinski definition) is 3. The molecule has 0 aliphatic carbocycles. The Hall–Kier alpha value is -1.68. The van der Waals surface area contributed by atoms with Crippen LogP contribution < -0.4 is 0 Å². The molecule has 128 valence electrons. The monoisotopic (exact) mass is 325 g/mol. The molecule has 1 saturated heterocycles. The lowest BCUT2D eigenvalue weighted by Crippen LogP contribution is -2.38. The van der Waals surface area contributed by atoms with E-state index in [4.69, 9.17) is 4.74 Å². The summed E-state index contributed by atoms with van der Waals surface area (Å²) in [5.74, 6) is 0. The molecule has 3 heteroatoms. The fourth-order valence-electron chi connectivity index (χ4n) is 3.34. The van der Waals surface area contributed by atoms with Gasteiger partial charge < -0.3 is 14.7 Å². The van der Waals surface area contributed by atoms with E-state index in [0.29, 0.717) is 13.2 Å². The molecule has 0 radical (unpaired) electrons. The maximum Gasteiger partial charge on any atom is 0.108 e. The van der Waals surface area contributed by atoms with Crippen LogP contribution in [0, 0.1) is 0 Å². The molecule has 24 heavy (non-hydrogen) atoms. The van der Waals surface area contributed by atoms with Crippen LogP contribution >= 0.6 is 0 Å². The SMILES string of the molecule is O[C@@H](COC(c1ccccc1)c1ccccc1)CN1CCCCC1. The van der Waals surface area contributed by atoms with Crippen molar-refractivity contribution >= 4 is 0 Å². The highest BCUT2D eigenvalue weighted by atomic mass is 16.5. The van der Waals surface area contributed by atoms with Crippen LogP contribution in [0.2, 0.25) is 0 Å². The van der Waals surface area contributed by atoms with Crippen molar-refractivity contribution in [3.05, 3.63) is 71.8 Å². The molecule has 0 aromatic heterocycles. The van der Waals surface area contributed by atoms with E-state index in [0.717, 1.165) is 24.2 Å². The summed E-state index contributed by atoms with van der Waals surface area (Å²) >= 11 is 0. The molecular formula is C21H27NO2. The van der Waals surface area contributed by atoms with Crippen molar-refractivity contribution in [2.45, 2.75) is 31.5 Å². The van der Waals surface area contributed by atoms with E-state index < -0.39 is 6.10 Å². The summed E-state index contributed by atoms with van der Waals surface area (Å²) in [5.41, 5.74) is 2.24. The number of aliphatic hydroxyl groups excluding tert-OH is 1. The van der Waals surface area contributed by atoms with Gasteiger partial charge in [0, 0.05) is 6.54 Å². The second-order valence-electron chi connectivity index (χ2n) is 6.55. The summed E-state index contributed by atoms with van der Waals surface area (Å²) < 4.78 is 6.14. The van der Waals surface area contributed by atoms with Crippen molar-refractivity contribution in [1.82, 2.24) is 4.90 Å². The van der Waals surface area contributed by atoms with Crippen LogP contribution in [-0.2, 0) is 4.74 Å². The second-order valence-corrected chi connectivity index (χ2v) is 6.55. The van der Waals surface area contributed by atoms with E-state index in [1.54, 1.807) is 0 Å². The first kappa shape index (κ1) is 17.2. The lowest BCUT2D eigenvalue weighted by molar-refractivity contribution is -0.0104. The minimum Gasteiger partial charge on any atom is -0.389 e. The van der Waals surface area contributed by atoms with Crippen molar-refractivity contribution in [3.8, 4) is 0 Å². The Kier molecular flexibility index (Phi) is 6.41. The molecule has 2 aromatic carbocycles. The first-order valence-electron chi connectivity index (χ1n) is 8.95. The smallest absolute Gasteiger partial charge is 0.108 e. The molecule has 1 fully saturated rings. The summed E-state index contributed by atoms with van der Waals surface area (Å²) in [6, 6.07) is 20.4. The summed E-state index contributed by atoms with van der Waals surface area (Å²) in [6.45, 7) is 3.25. The molecule has 0 spiro atoms. The number of likely N-dealkylation sites (tertiary alicyclic amines) is 1. The van der Waals surface area contributed by atoms with Crippen molar-refractivity contribution < 1.29 is 9.84 Å². The van der Waals surface area contributed by atoms with E-state index in [9.17, 15) is 5.11 Å². The number of ether oxygens (including phenoxy) is 1. The van der Waals surface area contributed by atoms with Crippen LogP contribution in [-0.4, -0.2) is 42.4 Å². The van der Waals surface area contributed by atoms with E-state index in [1.165, 1.54) is 19.3 Å². The highest BCUT2D eigenvalue weighted by Crippen LogP contribution is 2.26. The molecule has 0 amide bonds. The maximum atomic E-state index is 10.4. The summed E-state index contributed by atoms with van der Waals surface area (Å²) in [4.78, 5) is 2.34. The van der Waals surface area contributed by atoms with Crippen LogP contribution in [0.4, 0.5) is 0 Å². The summed E-state index contributed by atoms with van der Waals surface area (Å²) in [6.07, 6.45) is 3.21. The average molecular weight is 325 g/mol. The van der Waals surface area contributed by atoms with Crippen molar-refractivity contribution in [2.24, 2.45) is 0 Å². The average Bonchev–Trinajstić information content (AvgIpc) is 2.64. The summed E-state index contributed by atoms with van der Waals surface area (Å²) in [7, 11) is 0. The first-order chi connectivity index (χ1) is 11.8. The van der Waals surface area contributed by atoms with Gasteiger partial charge in [-0.15, -0.1) is 0 Å². The third-order valence-electron chi connectivity index (χ3n) is 4.58. The number of aliphatic hydroxyl groups is 1. The molecule has 3 rings (SSSR count). The van der Waals surface area contributed by atoms with Gasteiger partial charge in [0.25, 0.3) is 0 Å². The molecule has 1 aliphatic rings. The number of hydrogen-bond donors (Lipinski definition) is 1. The zero-order chi connectivity index (χ0) is 16.6. The minimum atomic E-state index is -0.446. The molecular weight excluding hydrogens is 298 g/mol. The summed E-state index contributed by atoms with van der Waals surface area (Å²) in [5, 5.41) is 10.4. The highest BCUT2D eigenvalue weighted by molar-refractivity contribution is 5.29. The van der Waals surface area contributed by atoms with Crippen LogP contribution in [0.5, 0.6) is 0 Å². The van der Waals surface area contributed by atoms with Gasteiger partial charge in [-0.25, -0.2) is 0 Å². The van der Waals surface area contributed by atoms with Gasteiger partial charge >= 0.3 is 0 Å². The molecule has 1 atom stereocenters. The third kappa shape index (κ3) is 4.91. The standard InChI is InChI=1S/C21H27NO2/c23-20(16-22-14-8-3-9-15-22)17-24-21(18-10-4-1-5-11-18)19-12-6-2-7-13-19/h1-2,4-7,10-13,20-21,23H,3,8-9,14-17H2/t20-/m1/s1. The normalized spacial score (nSPS) is 17.1. The maximum absolute atomic E-state index is 10.4. The predicted octanol–water partition coefficient (Wildman–Crippen LogP) is 3.64. The lowest BCUT2D eigenvalue weighted by Gasteiger charge is -2.29. The van der Waals surface area contributed by atoms with Crippen molar-refractivity contribution in [1.29, 1.82) is 0 Å². The number of benzene rings is 2. The molecule has 1 aliphatic heterocycles. The topological polar surface area (TPSA) is 32.7 Å². The molecule has 1 N–H and O–H groups in total. The highest BCUT2D eigenvalue weighted by Gasteiger charge is 2.19. The Morgan fingerprint density at radius 3 is 1.92 bits per heavy atom. The van der Waals surface area contributed by atoms with Gasteiger partial charge in [-0.3, -0.25) is 0 Å².